The summed E-state index contributed by atoms with van der Waals surface area (Å²) in [5, 5.41) is 2.46. The van der Waals surface area contributed by atoms with E-state index in [1.165, 1.54) is 18.0 Å². The fourth-order valence-corrected chi connectivity index (χ4v) is 1.04. The van der Waals surface area contributed by atoms with Crippen molar-refractivity contribution in [2.45, 2.75) is 6.92 Å². The lowest BCUT2D eigenvalue weighted by Gasteiger charge is -2.01. The highest BCUT2D eigenvalue weighted by Gasteiger charge is 2.17. The van der Waals surface area contributed by atoms with Crippen molar-refractivity contribution in [3.63, 3.8) is 0 Å². The van der Waals surface area contributed by atoms with E-state index in [1.807, 2.05) is 0 Å². The molecule has 8 nitrogen and oxygen atoms in total. The van der Waals surface area contributed by atoms with Crippen LogP contribution in [0.2, 0.25) is 0 Å². The SMILES string of the molecule is C=CN1CCOC1=O.C=COC(C)=O.O=C1NCCO1. The Morgan fingerprint density at radius 3 is 2.20 bits per heavy atom. The molecule has 112 valence electrons. The first-order chi connectivity index (χ1) is 9.51. The molecule has 2 rings (SSSR count). The van der Waals surface area contributed by atoms with E-state index in [1.54, 1.807) is 0 Å². The van der Waals surface area contributed by atoms with Crippen LogP contribution in [0.5, 0.6) is 0 Å². The highest BCUT2D eigenvalue weighted by molar-refractivity contribution is 5.70. The first-order valence-electron chi connectivity index (χ1n) is 5.76. The number of carbonyl (C=O) groups is 3. The first kappa shape index (κ1) is 17.5. The highest BCUT2D eigenvalue weighted by Crippen LogP contribution is 2.01. The molecule has 2 aliphatic rings. The molecule has 0 bridgehead atoms. The number of carbonyl (C=O) groups excluding carboxylic acids is 3. The predicted molar refractivity (Wildman–Crippen MR) is 69.6 cm³/mol. The number of alkyl carbamates (subject to hydrolysis) is 1. The van der Waals surface area contributed by atoms with Gasteiger partial charge in [-0.05, 0) is 0 Å². The summed E-state index contributed by atoms with van der Waals surface area (Å²) < 4.78 is 13.1. The minimum atomic E-state index is -0.329. The van der Waals surface area contributed by atoms with Gasteiger partial charge in [0.2, 0.25) is 0 Å². The standard InChI is InChI=1S/C5H7NO2.C4H6O2.C3H5NO2/c1-2-6-3-4-8-5(6)7;1-3-6-4(2)5;5-3-4-1-2-6-3/h2H,1,3-4H2;3H,1H2,2H3;1-2H2,(H,4,5). The molecule has 0 spiro atoms. The van der Waals surface area contributed by atoms with Crippen molar-refractivity contribution < 1.29 is 28.6 Å². The van der Waals surface area contributed by atoms with E-state index in [2.05, 4.69) is 32.7 Å². The summed E-state index contributed by atoms with van der Waals surface area (Å²) in [6, 6.07) is 0. The molecule has 0 atom stereocenters. The van der Waals surface area contributed by atoms with Gasteiger partial charge in [0.1, 0.15) is 13.2 Å². The van der Waals surface area contributed by atoms with Crippen LogP contribution in [-0.2, 0) is 19.0 Å². The summed E-state index contributed by atoms with van der Waals surface area (Å²) in [7, 11) is 0. The molecule has 0 aromatic carbocycles. The van der Waals surface area contributed by atoms with Crippen LogP contribution in [0, 0.1) is 0 Å². The summed E-state index contributed by atoms with van der Waals surface area (Å²) in [5.74, 6) is -0.329. The topological polar surface area (TPSA) is 94.2 Å². The first-order valence-corrected chi connectivity index (χ1v) is 5.76. The lowest BCUT2D eigenvalue weighted by Crippen LogP contribution is -2.15. The second kappa shape index (κ2) is 10.4. The van der Waals surface area contributed by atoms with E-state index >= 15 is 0 Å². The lowest BCUT2D eigenvalue weighted by molar-refractivity contribution is -0.135. The van der Waals surface area contributed by atoms with Gasteiger partial charge < -0.3 is 19.5 Å². The molecule has 0 aromatic rings. The van der Waals surface area contributed by atoms with Crippen LogP contribution in [0.15, 0.2) is 25.6 Å². The van der Waals surface area contributed by atoms with Gasteiger partial charge in [-0.3, -0.25) is 9.69 Å². The van der Waals surface area contributed by atoms with Crippen molar-refractivity contribution >= 4 is 18.2 Å². The van der Waals surface area contributed by atoms with Crippen LogP contribution in [0.25, 0.3) is 0 Å². The number of amides is 2. The van der Waals surface area contributed by atoms with E-state index in [0.29, 0.717) is 26.3 Å². The van der Waals surface area contributed by atoms with Gasteiger partial charge in [-0.2, -0.15) is 0 Å². The van der Waals surface area contributed by atoms with Crippen molar-refractivity contribution in [1.82, 2.24) is 10.2 Å². The van der Waals surface area contributed by atoms with Gasteiger partial charge in [0.25, 0.3) is 0 Å². The molecule has 2 fully saturated rings. The van der Waals surface area contributed by atoms with Crippen LogP contribution in [0.3, 0.4) is 0 Å². The molecular formula is C12H18N2O6. The van der Waals surface area contributed by atoms with Crippen LogP contribution < -0.4 is 5.32 Å². The summed E-state index contributed by atoms with van der Waals surface area (Å²) in [5.41, 5.74) is 0. The number of cyclic esters (lactones) is 2. The molecule has 2 amide bonds. The van der Waals surface area contributed by atoms with E-state index < -0.39 is 0 Å². The van der Waals surface area contributed by atoms with Crippen molar-refractivity contribution in [3.8, 4) is 0 Å². The van der Waals surface area contributed by atoms with Crippen LogP contribution in [-0.4, -0.2) is 49.4 Å². The molecule has 0 unspecified atom stereocenters. The fourth-order valence-electron chi connectivity index (χ4n) is 1.04. The summed E-state index contributed by atoms with van der Waals surface area (Å²) in [6.07, 6.45) is 1.98. The number of nitrogens with zero attached hydrogens (tertiary/aromatic N) is 1. The molecule has 8 heteroatoms. The molecule has 0 aromatic heterocycles. The van der Waals surface area contributed by atoms with Crippen molar-refractivity contribution in [2.75, 3.05) is 26.3 Å². The quantitative estimate of drug-likeness (QED) is 0.462. The monoisotopic (exact) mass is 286 g/mol. The number of nitrogens with one attached hydrogen (secondary N) is 1. The van der Waals surface area contributed by atoms with Crippen molar-refractivity contribution in [2.24, 2.45) is 0 Å². The zero-order valence-electron chi connectivity index (χ0n) is 11.3. The molecule has 0 radical (unpaired) electrons. The molecule has 0 aliphatic carbocycles. The van der Waals surface area contributed by atoms with Crippen LogP contribution >= 0.6 is 0 Å². The lowest BCUT2D eigenvalue weighted by atomic mass is 10.6. The number of hydrogen-bond acceptors (Lipinski definition) is 6. The fraction of sp³-hybridized carbons (Fsp3) is 0.417. The summed E-state index contributed by atoms with van der Waals surface area (Å²) >= 11 is 0. The van der Waals surface area contributed by atoms with Gasteiger partial charge >= 0.3 is 18.2 Å². The third kappa shape index (κ3) is 8.56. The Morgan fingerprint density at radius 1 is 1.35 bits per heavy atom. The van der Waals surface area contributed by atoms with E-state index in [-0.39, 0.29) is 18.2 Å². The molecule has 20 heavy (non-hydrogen) atoms. The largest absolute Gasteiger partial charge is 0.448 e. The zero-order valence-corrected chi connectivity index (χ0v) is 11.3. The van der Waals surface area contributed by atoms with Crippen molar-refractivity contribution in [3.05, 3.63) is 25.6 Å². The molecular weight excluding hydrogens is 268 g/mol. The average molecular weight is 286 g/mol. The molecule has 2 heterocycles. The Hall–Kier alpha value is -2.51. The minimum absolute atomic E-state index is 0.292. The molecule has 0 saturated carbocycles. The number of rotatable bonds is 2. The maximum absolute atomic E-state index is 10.4. The van der Waals surface area contributed by atoms with Crippen molar-refractivity contribution in [1.29, 1.82) is 0 Å². The molecule has 2 saturated heterocycles. The number of hydrogen-bond donors (Lipinski definition) is 1. The third-order valence-electron chi connectivity index (χ3n) is 1.87. The maximum Gasteiger partial charge on any atom is 0.413 e. The average Bonchev–Trinajstić information content (AvgIpc) is 3.01. The molecule has 1 N–H and O–H groups in total. The second-order valence-electron chi connectivity index (χ2n) is 3.33. The normalized spacial score (nSPS) is 15.3. The summed E-state index contributed by atoms with van der Waals surface area (Å²) in [4.78, 5) is 31.5. The Morgan fingerprint density at radius 2 is 2.05 bits per heavy atom. The third-order valence-corrected chi connectivity index (χ3v) is 1.87. The maximum atomic E-state index is 10.4. The second-order valence-corrected chi connectivity index (χ2v) is 3.33. The minimum Gasteiger partial charge on any atom is -0.448 e. The van der Waals surface area contributed by atoms with Gasteiger partial charge in [-0.1, -0.05) is 13.2 Å². The predicted octanol–water partition coefficient (Wildman–Crippen LogP) is 1.00. The van der Waals surface area contributed by atoms with Gasteiger partial charge in [0.15, 0.2) is 0 Å². The highest BCUT2D eigenvalue weighted by atomic mass is 16.6. The Kier molecular flexibility index (Phi) is 9.11. The zero-order chi connectivity index (χ0) is 15.4. The molecule has 2 aliphatic heterocycles. The Labute approximate surface area is 117 Å². The van der Waals surface area contributed by atoms with E-state index in [4.69, 9.17) is 0 Å². The van der Waals surface area contributed by atoms with Crippen LogP contribution in [0.1, 0.15) is 6.92 Å². The van der Waals surface area contributed by atoms with E-state index in [0.717, 1.165) is 6.26 Å². The van der Waals surface area contributed by atoms with E-state index in [9.17, 15) is 14.4 Å². The Bertz CT molecular complexity index is 361. The van der Waals surface area contributed by atoms with Crippen LogP contribution in [0.4, 0.5) is 9.59 Å². The number of ether oxygens (including phenoxy) is 3. The van der Waals surface area contributed by atoms with Gasteiger partial charge in [-0.25, -0.2) is 9.59 Å². The Balaban J connectivity index is 0.000000276. The smallest absolute Gasteiger partial charge is 0.413 e. The summed E-state index contributed by atoms with van der Waals surface area (Å²) in [6.45, 7) is 10.2. The number of esters is 1. The van der Waals surface area contributed by atoms with Gasteiger partial charge in [0, 0.05) is 13.1 Å². The van der Waals surface area contributed by atoms with Gasteiger partial charge in [0.05, 0.1) is 19.4 Å². The van der Waals surface area contributed by atoms with Gasteiger partial charge in [-0.15, -0.1) is 0 Å².